The van der Waals surface area contributed by atoms with Gasteiger partial charge in [-0.05, 0) is 12.1 Å². The van der Waals surface area contributed by atoms with Crippen LogP contribution in [0.1, 0.15) is 16.7 Å². The Morgan fingerprint density at radius 2 is 1.29 bits per heavy atom. The predicted octanol–water partition coefficient (Wildman–Crippen LogP) is 4.76. The van der Waals surface area contributed by atoms with E-state index in [0.717, 1.165) is 0 Å². The van der Waals surface area contributed by atoms with Gasteiger partial charge in [0.15, 0.2) is 0 Å². The first-order valence-electron chi connectivity index (χ1n) is 4.10. The Labute approximate surface area is 99.6 Å². The van der Waals surface area contributed by atoms with Gasteiger partial charge in [0, 0.05) is 10.9 Å². The molecule has 0 N–H and O–H groups in total. The molecule has 0 aliphatic rings. The molecular weight excluding hydrogens is 321 g/mol. The van der Waals surface area contributed by atoms with E-state index in [1.54, 1.807) is 0 Å². The van der Waals surface area contributed by atoms with Gasteiger partial charge in [0.2, 0.25) is 0 Å². The molecule has 1 rings (SSSR count). The van der Waals surface area contributed by atoms with Gasteiger partial charge in [-0.3, -0.25) is 0 Å². The fourth-order valence-electron chi connectivity index (χ4n) is 1.24. The van der Waals surface area contributed by atoms with Crippen LogP contribution < -0.4 is 0 Å². The molecule has 0 aliphatic carbocycles. The van der Waals surface area contributed by atoms with E-state index >= 15 is 0 Å². The van der Waals surface area contributed by atoms with Crippen LogP contribution in [0.15, 0.2) is 12.1 Å². The van der Waals surface area contributed by atoms with Crippen LogP contribution in [0, 0.1) is 5.82 Å². The van der Waals surface area contributed by atoms with Crippen molar-refractivity contribution in [1.82, 2.24) is 0 Å². The molecule has 0 aromatic heterocycles. The number of alkyl halides is 7. The molecule has 0 saturated carbocycles. The Bertz CT molecular complexity index is 419. The molecule has 1 aromatic carbocycles. The molecule has 17 heavy (non-hydrogen) atoms. The standard InChI is InChI=1S/C9H4BrF7/c10-3-4-5(8(12,13)14)1-2-6(7(4)11)9(15,16)17/h1-2H,3H2. The van der Waals surface area contributed by atoms with Crippen LogP contribution in [-0.2, 0) is 17.7 Å². The fraction of sp³-hybridized carbons (Fsp3) is 0.333. The van der Waals surface area contributed by atoms with E-state index in [1.807, 2.05) is 0 Å². The predicted molar refractivity (Wildman–Crippen MR) is 49.0 cm³/mol. The van der Waals surface area contributed by atoms with Crippen LogP contribution in [-0.4, -0.2) is 0 Å². The van der Waals surface area contributed by atoms with Crippen LogP contribution in [0.25, 0.3) is 0 Å². The summed E-state index contributed by atoms with van der Waals surface area (Å²) in [5.41, 5.74) is -4.17. The molecule has 0 nitrogen and oxygen atoms in total. The topological polar surface area (TPSA) is 0 Å². The molecule has 0 fully saturated rings. The molecular formula is C9H4BrF7. The fourth-order valence-corrected chi connectivity index (χ4v) is 1.78. The SMILES string of the molecule is Fc1c(C(F)(F)F)ccc(C(F)(F)F)c1CBr. The van der Waals surface area contributed by atoms with Crippen LogP contribution in [0.3, 0.4) is 0 Å². The Kier molecular flexibility index (Phi) is 3.75. The van der Waals surface area contributed by atoms with Gasteiger partial charge in [-0.25, -0.2) is 4.39 Å². The van der Waals surface area contributed by atoms with Crippen molar-refractivity contribution in [2.24, 2.45) is 0 Å². The minimum Gasteiger partial charge on any atom is -0.206 e. The third-order valence-electron chi connectivity index (χ3n) is 1.99. The van der Waals surface area contributed by atoms with Gasteiger partial charge in [-0.2, -0.15) is 26.3 Å². The molecule has 0 saturated heterocycles. The molecule has 0 radical (unpaired) electrons. The number of hydrogen-bond acceptors (Lipinski definition) is 0. The van der Waals surface area contributed by atoms with Gasteiger partial charge in [-0.1, -0.05) is 15.9 Å². The Morgan fingerprint density at radius 1 is 0.882 bits per heavy atom. The summed E-state index contributed by atoms with van der Waals surface area (Å²) >= 11 is 2.55. The van der Waals surface area contributed by atoms with Gasteiger partial charge < -0.3 is 0 Å². The van der Waals surface area contributed by atoms with E-state index in [1.165, 1.54) is 0 Å². The highest BCUT2D eigenvalue weighted by atomic mass is 79.9. The van der Waals surface area contributed by atoms with E-state index in [9.17, 15) is 30.7 Å². The molecule has 0 amide bonds. The van der Waals surface area contributed by atoms with Crippen molar-refractivity contribution in [3.63, 3.8) is 0 Å². The summed E-state index contributed by atoms with van der Waals surface area (Å²) < 4.78 is 87.2. The molecule has 96 valence electrons. The zero-order valence-corrected chi connectivity index (χ0v) is 9.47. The molecule has 0 spiro atoms. The summed E-state index contributed by atoms with van der Waals surface area (Å²) in [7, 11) is 0. The lowest BCUT2D eigenvalue weighted by molar-refractivity contribution is -0.143. The van der Waals surface area contributed by atoms with Crippen LogP contribution in [0.5, 0.6) is 0 Å². The van der Waals surface area contributed by atoms with Crippen LogP contribution in [0.2, 0.25) is 0 Å². The highest BCUT2D eigenvalue weighted by Crippen LogP contribution is 2.39. The lowest BCUT2D eigenvalue weighted by atomic mass is 10.0. The van der Waals surface area contributed by atoms with Crippen molar-refractivity contribution in [2.45, 2.75) is 17.7 Å². The Balaban J connectivity index is 3.49. The zero-order chi connectivity index (χ0) is 13.4. The smallest absolute Gasteiger partial charge is 0.206 e. The summed E-state index contributed by atoms with van der Waals surface area (Å²) in [4.78, 5) is 0. The molecule has 8 heteroatoms. The van der Waals surface area contributed by atoms with E-state index in [4.69, 9.17) is 0 Å². The maximum atomic E-state index is 13.3. The van der Waals surface area contributed by atoms with Gasteiger partial charge in [0.05, 0.1) is 11.1 Å². The monoisotopic (exact) mass is 324 g/mol. The van der Waals surface area contributed by atoms with Gasteiger partial charge in [0.25, 0.3) is 0 Å². The van der Waals surface area contributed by atoms with E-state index in [-0.39, 0.29) is 12.1 Å². The number of rotatable bonds is 1. The van der Waals surface area contributed by atoms with E-state index < -0.39 is 40.2 Å². The molecule has 0 bridgehead atoms. The van der Waals surface area contributed by atoms with Crippen LogP contribution >= 0.6 is 15.9 Å². The second-order valence-corrected chi connectivity index (χ2v) is 3.64. The van der Waals surface area contributed by atoms with Crippen molar-refractivity contribution in [2.75, 3.05) is 0 Å². The van der Waals surface area contributed by atoms with Crippen LogP contribution in [0.4, 0.5) is 30.7 Å². The highest BCUT2D eigenvalue weighted by Gasteiger charge is 2.40. The largest absolute Gasteiger partial charge is 0.419 e. The average Bonchev–Trinajstić information content (AvgIpc) is 2.13. The third kappa shape index (κ3) is 2.91. The average molecular weight is 325 g/mol. The maximum Gasteiger partial charge on any atom is 0.419 e. The Hall–Kier alpha value is -0.790. The van der Waals surface area contributed by atoms with E-state index in [0.29, 0.717) is 0 Å². The van der Waals surface area contributed by atoms with Crippen molar-refractivity contribution in [1.29, 1.82) is 0 Å². The first kappa shape index (κ1) is 14.3. The number of hydrogen-bond donors (Lipinski definition) is 0. The second-order valence-electron chi connectivity index (χ2n) is 3.08. The van der Waals surface area contributed by atoms with E-state index in [2.05, 4.69) is 15.9 Å². The zero-order valence-electron chi connectivity index (χ0n) is 7.89. The van der Waals surface area contributed by atoms with Gasteiger partial charge >= 0.3 is 12.4 Å². The third-order valence-corrected chi connectivity index (χ3v) is 2.55. The quantitative estimate of drug-likeness (QED) is 0.516. The lowest BCUT2D eigenvalue weighted by Gasteiger charge is -2.15. The minimum atomic E-state index is -5.02. The summed E-state index contributed by atoms with van der Waals surface area (Å²) in [6.45, 7) is 0. The molecule has 0 atom stereocenters. The van der Waals surface area contributed by atoms with Crippen molar-refractivity contribution < 1.29 is 30.7 Å². The minimum absolute atomic E-state index is 0.0876. The first-order valence-corrected chi connectivity index (χ1v) is 5.23. The first-order chi connectivity index (χ1) is 7.59. The summed E-state index contributed by atoms with van der Waals surface area (Å²) in [6.07, 6.45) is -9.92. The van der Waals surface area contributed by atoms with Crippen molar-refractivity contribution in [3.05, 3.63) is 34.6 Å². The summed E-state index contributed by atoms with van der Waals surface area (Å²) in [6, 6.07) is 0.312. The second kappa shape index (κ2) is 4.47. The molecule has 1 aromatic rings. The molecule has 0 heterocycles. The highest BCUT2D eigenvalue weighted by molar-refractivity contribution is 9.08. The van der Waals surface area contributed by atoms with Crippen molar-refractivity contribution >= 4 is 15.9 Å². The number of benzene rings is 1. The summed E-state index contributed by atoms with van der Waals surface area (Å²) in [5, 5.41) is -0.655. The number of halogens is 8. The van der Waals surface area contributed by atoms with Crippen molar-refractivity contribution in [3.8, 4) is 0 Å². The molecule has 0 unspecified atom stereocenters. The normalized spacial score (nSPS) is 12.9. The maximum absolute atomic E-state index is 13.3. The van der Waals surface area contributed by atoms with Gasteiger partial charge in [-0.15, -0.1) is 0 Å². The summed E-state index contributed by atoms with van der Waals surface area (Å²) in [5.74, 6) is -1.90. The van der Waals surface area contributed by atoms with Gasteiger partial charge in [0.1, 0.15) is 5.82 Å². The molecule has 0 aliphatic heterocycles. The lowest BCUT2D eigenvalue weighted by Crippen LogP contribution is -2.15. The Morgan fingerprint density at radius 3 is 1.65 bits per heavy atom.